The summed E-state index contributed by atoms with van der Waals surface area (Å²) in [6, 6.07) is 7.58. The maximum atomic E-state index is 12.0. The van der Waals surface area contributed by atoms with Crippen LogP contribution in [0.15, 0.2) is 24.3 Å². The topological polar surface area (TPSA) is 66.5 Å². The minimum Gasteiger partial charge on any atom is -0.326 e. The second-order valence-corrected chi connectivity index (χ2v) is 7.83. The van der Waals surface area contributed by atoms with Crippen molar-refractivity contribution in [1.29, 1.82) is 0 Å². The Bertz CT molecular complexity index is 632. The highest BCUT2D eigenvalue weighted by Gasteiger charge is 2.46. The number of anilines is 1. The summed E-state index contributed by atoms with van der Waals surface area (Å²) >= 11 is 0. The number of carbonyl (C=O) groups excluding carboxylic acids is 1. The summed E-state index contributed by atoms with van der Waals surface area (Å²) < 4.78 is 25.3. The van der Waals surface area contributed by atoms with Gasteiger partial charge in [-0.25, -0.2) is 8.42 Å². The van der Waals surface area contributed by atoms with E-state index in [4.69, 9.17) is 0 Å². The standard InChI is InChI=1S/C14H18N2O3S/c1-10-3-2-4-12(7-10)15-14(17)11-8-16(9-11)20(18,19)13-5-6-13/h2-4,7,11,13H,5-6,8-9H2,1H3,(H,15,17). The minimum absolute atomic E-state index is 0.0992. The van der Waals surface area contributed by atoms with Crippen LogP contribution in [0.2, 0.25) is 0 Å². The van der Waals surface area contributed by atoms with Crippen molar-refractivity contribution in [2.24, 2.45) is 5.92 Å². The summed E-state index contributed by atoms with van der Waals surface area (Å²) in [6.45, 7) is 2.59. The second-order valence-electron chi connectivity index (χ2n) is 5.62. The van der Waals surface area contributed by atoms with Gasteiger partial charge in [0, 0.05) is 18.8 Å². The molecule has 5 nitrogen and oxygen atoms in total. The van der Waals surface area contributed by atoms with Gasteiger partial charge >= 0.3 is 0 Å². The molecule has 1 aliphatic heterocycles. The summed E-state index contributed by atoms with van der Waals surface area (Å²) in [7, 11) is -3.12. The van der Waals surface area contributed by atoms with E-state index < -0.39 is 10.0 Å². The van der Waals surface area contributed by atoms with Gasteiger partial charge in [-0.05, 0) is 37.5 Å². The Labute approximate surface area is 119 Å². The molecule has 3 rings (SSSR count). The number of carbonyl (C=O) groups is 1. The SMILES string of the molecule is Cc1cccc(NC(=O)C2CN(S(=O)(=O)C3CC3)C2)c1. The Morgan fingerprint density at radius 2 is 2.00 bits per heavy atom. The molecule has 108 valence electrons. The molecule has 0 unspecified atom stereocenters. The molecule has 20 heavy (non-hydrogen) atoms. The Morgan fingerprint density at radius 1 is 1.30 bits per heavy atom. The van der Waals surface area contributed by atoms with Gasteiger partial charge in [0.05, 0.1) is 11.2 Å². The molecule has 1 aliphatic carbocycles. The predicted octanol–water partition coefficient (Wildman–Crippen LogP) is 1.36. The predicted molar refractivity (Wildman–Crippen MR) is 76.8 cm³/mol. The van der Waals surface area contributed by atoms with Crippen molar-refractivity contribution >= 4 is 21.6 Å². The molecular formula is C14H18N2O3S. The average molecular weight is 294 g/mol. The maximum absolute atomic E-state index is 12.0. The van der Waals surface area contributed by atoms with E-state index in [1.54, 1.807) is 0 Å². The van der Waals surface area contributed by atoms with E-state index in [9.17, 15) is 13.2 Å². The summed E-state index contributed by atoms with van der Waals surface area (Å²) in [5.41, 5.74) is 1.84. The molecule has 1 aromatic carbocycles. The largest absolute Gasteiger partial charge is 0.326 e. The Hall–Kier alpha value is -1.40. The highest BCUT2D eigenvalue weighted by atomic mass is 32.2. The van der Waals surface area contributed by atoms with Crippen LogP contribution in [0.25, 0.3) is 0 Å². The van der Waals surface area contributed by atoms with Crippen LogP contribution in [-0.2, 0) is 14.8 Å². The fraction of sp³-hybridized carbons (Fsp3) is 0.500. The first kappa shape index (κ1) is 13.6. The van der Waals surface area contributed by atoms with Crippen LogP contribution in [0.4, 0.5) is 5.69 Å². The van der Waals surface area contributed by atoms with Crippen LogP contribution in [0.1, 0.15) is 18.4 Å². The number of nitrogens with zero attached hydrogens (tertiary/aromatic N) is 1. The quantitative estimate of drug-likeness (QED) is 0.911. The molecule has 0 spiro atoms. The van der Waals surface area contributed by atoms with E-state index >= 15 is 0 Å². The first-order chi connectivity index (χ1) is 9.46. The molecule has 0 radical (unpaired) electrons. The molecule has 6 heteroatoms. The van der Waals surface area contributed by atoms with E-state index in [-0.39, 0.29) is 17.1 Å². The number of amides is 1. The Balaban J connectivity index is 1.56. The first-order valence-electron chi connectivity index (χ1n) is 6.83. The molecule has 2 aliphatic rings. The fourth-order valence-corrected chi connectivity index (χ4v) is 4.28. The third-order valence-electron chi connectivity index (χ3n) is 3.81. The summed E-state index contributed by atoms with van der Waals surface area (Å²) in [4.78, 5) is 12.0. The highest BCUT2D eigenvalue weighted by molar-refractivity contribution is 7.90. The smallest absolute Gasteiger partial charge is 0.230 e. The zero-order valence-electron chi connectivity index (χ0n) is 11.4. The third-order valence-corrected chi connectivity index (χ3v) is 6.14. The number of nitrogens with one attached hydrogen (secondary N) is 1. The van der Waals surface area contributed by atoms with Crippen LogP contribution in [0.3, 0.4) is 0 Å². The van der Waals surface area contributed by atoms with Crippen molar-refractivity contribution in [2.75, 3.05) is 18.4 Å². The van der Waals surface area contributed by atoms with Crippen molar-refractivity contribution in [2.45, 2.75) is 25.0 Å². The zero-order chi connectivity index (χ0) is 14.3. The van der Waals surface area contributed by atoms with E-state index in [2.05, 4.69) is 5.32 Å². The van der Waals surface area contributed by atoms with E-state index in [1.165, 1.54) is 4.31 Å². The normalized spacial score (nSPS) is 20.4. The molecule has 1 aromatic rings. The fourth-order valence-electron chi connectivity index (χ4n) is 2.36. The van der Waals surface area contributed by atoms with Crippen LogP contribution >= 0.6 is 0 Å². The average Bonchev–Trinajstić information content (AvgIpc) is 3.09. The highest BCUT2D eigenvalue weighted by Crippen LogP contribution is 2.34. The molecular weight excluding hydrogens is 276 g/mol. The van der Waals surface area contributed by atoms with Crippen LogP contribution in [0, 0.1) is 12.8 Å². The molecule has 0 atom stereocenters. The van der Waals surface area contributed by atoms with Crippen molar-refractivity contribution in [3.8, 4) is 0 Å². The van der Waals surface area contributed by atoms with E-state index in [1.807, 2.05) is 31.2 Å². The summed E-state index contributed by atoms with van der Waals surface area (Å²) in [5, 5.41) is 2.65. The van der Waals surface area contributed by atoms with Crippen molar-refractivity contribution in [1.82, 2.24) is 4.31 Å². The minimum atomic E-state index is -3.12. The lowest BCUT2D eigenvalue weighted by atomic mass is 10.0. The van der Waals surface area contributed by atoms with Gasteiger partial charge in [0.25, 0.3) is 0 Å². The lowest BCUT2D eigenvalue weighted by Gasteiger charge is -2.37. The number of benzene rings is 1. The lowest BCUT2D eigenvalue weighted by molar-refractivity contribution is -0.122. The Kier molecular flexibility index (Phi) is 3.30. The van der Waals surface area contributed by atoms with Crippen molar-refractivity contribution < 1.29 is 13.2 Å². The van der Waals surface area contributed by atoms with Gasteiger partial charge in [-0.1, -0.05) is 12.1 Å². The van der Waals surface area contributed by atoms with Gasteiger partial charge in [-0.15, -0.1) is 0 Å². The number of aryl methyl sites for hydroxylation is 1. The maximum Gasteiger partial charge on any atom is 0.230 e. The molecule has 1 heterocycles. The number of rotatable bonds is 4. The number of hydrogen-bond donors (Lipinski definition) is 1. The van der Waals surface area contributed by atoms with Gasteiger partial charge in [0.1, 0.15) is 0 Å². The number of sulfonamides is 1. The second kappa shape index (κ2) is 4.86. The van der Waals surface area contributed by atoms with Gasteiger partial charge in [-0.3, -0.25) is 4.79 Å². The van der Waals surface area contributed by atoms with Crippen molar-refractivity contribution in [3.05, 3.63) is 29.8 Å². The van der Waals surface area contributed by atoms with Gasteiger partial charge in [0.15, 0.2) is 0 Å². The van der Waals surface area contributed by atoms with Gasteiger partial charge in [0.2, 0.25) is 15.9 Å². The lowest BCUT2D eigenvalue weighted by Crippen LogP contribution is -2.55. The first-order valence-corrected chi connectivity index (χ1v) is 8.33. The third kappa shape index (κ3) is 2.58. The molecule has 1 N–H and O–H groups in total. The van der Waals surface area contributed by atoms with Crippen LogP contribution < -0.4 is 5.32 Å². The molecule has 0 aromatic heterocycles. The number of hydrogen-bond acceptors (Lipinski definition) is 3. The Morgan fingerprint density at radius 3 is 2.60 bits per heavy atom. The monoisotopic (exact) mass is 294 g/mol. The molecule has 1 saturated heterocycles. The van der Waals surface area contributed by atoms with E-state index in [0.29, 0.717) is 13.1 Å². The zero-order valence-corrected chi connectivity index (χ0v) is 12.2. The molecule has 1 saturated carbocycles. The molecule has 1 amide bonds. The van der Waals surface area contributed by atoms with Crippen LogP contribution in [-0.4, -0.2) is 37.0 Å². The van der Waals surface area contributed by atoms with E-state index in [0.717, 1.165) is 24.1 Å². The van der Waals surface area contributed by atoms with Gasteiger partial charge < -0.3 is 5.32 Å². The molecule has 0 bridgehead atoms. The van der Waals surface area contributed by atoms with Gasteiger partial charge in [-0.2, -0.15) is 4.31 Å². The summed E-state index contributed by atoms with van der Waals surface area (Å²) in [5.74, 6) is -0.332. The van der Waals surface area contributed by atoms with Crippen LogP contribution in [0.5, 0.6) is 0 Å². The summed E-state index contributed by atoms with van der Waals surface area (Å²) in [6.07, 6.45) is 1.53. The molecule has 2 fully saturated rings. The van der Waals surface area contributed by atoms with Crippen molar-refractivity contribution in [3.63, 3.8) is 0 Å².